The number of nitrogens with zero attached hydrogens (tertiary/aromatic N) is 4. The fourth-order valence-corrected chi connectivity index (χ4v) is 6.45. The lowest BCUT2D eigenvalue weighted by Gasteiger charge is -2.26. The van der Waals surface area contributed by atoms with Crippen LogP contribution in [-0.4, -0.2) is 22.2 Å². The van der Waals surface area contributed by atoms with E-state index in [9.17, 15) is 5.26 Å². The molecule has 0 fully saturated rings. The number of fused-ring (bicyclic) bond motifs is 2. The molecule has 6 rings (SSSR count). The third-order valence-electron chi connectivity index (χ3n) is 6.92. The van der Waals surface area contributed by atoms with Gasteiger partial charge in [-0.2, -0.15) is 5.26 Å². The number of halogens is 1. The molecule has 0 amide bonds. The third-order valence-corrected chi connectivity index (χ3v) is 8.41. The first kappa shape index (κ1) is 23.7. The maximum atomic E-state index is 9.98. The van der Waals surface area contributed by atoms with Gasteiger partial charge in [-0.05, 0) is 35.2 Å². The summed E-state index contributed by atoms with van der Waals surface area (Å²) < 4.78 is 2.21. The number of hydrogen-bond acceptors (Lipinski definition) is 4. The fraction of sp³-hybridized carbons (Fsp3) is 0.161. The highest BCUT2D eigenvalue weighted by molar-refractivity contribution is 7.16. The molecule has 0 radical (unpaired) electrons. The molecule has 3 aromatic carbocycles. The third kappa shape index (κ3) is 4.84. The highest BCUT2D eigenvalue weighted by Gasteiger charge is 2.24. The van der Waals surface area contributed by atoms with Crippen molar-refractivity contribution in [1.82, 2.24) is 9.47 Å². The molecule has 5 aromatic rings. The molecule has 0 spiro atoms. The summed E-state index contributed by atoms with van der Waals surface area (Å²) in [5, 5.41) is 12.7. The zero-order valence-electron chi connectivity index (χ0n) is 20.3. The van der Waals surface area contributed by atoms with Crippen molar-refractivity contribution in [3.8, 4) is 6.07 Å². The van der Waals surface area contributed by atoms with E-state index < -0.39 is 0 Å². The number of aromatic nitrogens is 1. The molecule has 37 heavy (non-hydrogen) atoms. The summed E-state index contributed by atoms with van der Waals surface area (Å²) in [4.78, 5) is 8.57. The van der Waals surface area contributed by atoms with Gasteiger partial charge in [0.2, 0.25) is 0 Å². The van der Waals surface area contributed by atoms with Crippen molar-refractivity contribution in [3.63, 3.8) is 0 Å². The van der Waals surface area contributed by atoms with Crippen molar-refractivity contribution in [1.29, 1.82) is 5.26 Å². The average Bonchev–Trinajstić information content (AvgIpc) is 3.46. The van der Waals surface area contributed by atoms with Crippen molar-refractivity contribution in [2.45, 2.75) is 26.1 Å². The van der Waals surface area contributed by atoms with Crippen molar-refractivity contribution in [2.75, 3.05) is 6.54 Å². The summed E-state index contributed by atoms with van der Waals surface area (Å²) in [6, 6.07) is 29.3. The lowest BCUT2D eigenvalue weighted by Crippen LogP contribution is -2.29. The Hall–Kier alpha value is -3.69. The van der Waals surface area contributed by atoms with Crippen LogP contribution in [0.3, 0.4) is 0 Å². The Morgan fingerprint density at radius 1 is 0.973 bits per heavy atom. The minimum Gasteiger partial charge on any atom is -0.342 e. The molecule has 0 bridgehead atoms. The molecule has 1 aliphatic heterocycles. The minimum absolute atomic E-state index is 0.683. The van der Waals surface area contributed by atoms with Gasteiger partial charge < -0.3 is 4.57 Å². The lowest BCUT2D eigenvalue weighted by molar-refractivity contribution is 0.249. The Labute approximate surface area is 225 Å². The number of nitriles is 1. The van der Waals surface area contributed by atoms with E-state index >= 15 is 0 Å². The summed E-state index contributed by atoms with van der Waals surface area (Å²) in [7, 11) is 0. The maximum absolute atomic E-state index is 9.98. The van der Waals surface area contributed by atoms with E-state index in [4.69, 9.17) is 16.6 Å². The first-order valence-electron chi connectivity index (χ1n) is 12.4. The Balaban J connectivity index is 1.29. The lowest BCUT2D eigenvalue weighted by atomic mass is 10.0. The van der Waals surface area contributed by atoms with Crippen LogP contribution in [0.4, 0.5) is 5.00 Å². The number of benzene rings is 3. The van der Waals surface area contributed by atoms with Gasteiger partial charge >= 0.3 is 0 Å². The first-order chi connectivity index (χ1) is 18.2. The SMILES string of the molecule is N#Cc1c(N=Cc2cn(Cc3ccccc3Cl)c3ccccc23)sc2c1CCN(Cc1ccccc1)C2. The standard InChI is InChI=1S/C31H25ClN4S/c32-28-12-6-4-10-23(28)19-36-20-24(25-11-5-7-13-29(25)36)17-34-31-27(16-33)26-14-15-35(21-30(26)37-31)18-22-8-2-1-3-9-22/h1-13,17,20H,14-15,18-19,21H2. The number of rotatable bonds is 6. The summed E-state index contributed by atoms with van der Waals surface area (Å²) >= 11 is 8.09. The van der Waals surface area contributed by atoms with Crippen LogP contribution < -0.4 is 0 Å². The van der Waals surface area contributed by atoms with Crippen LogP contribution in [0.1, 0.15) is 32.7 Å². The average molecular weight is 521 g/mol. The van der Waals surface area contributed by atoms with Crippen LogP contribution in [0.25, 0.3) is 10.9 Å². The molecule has 6 heteroatoms. The second-order valence-electron chi connectivity index (χ2n) is 9.32. The normalized spacial score (nSPS) is 13.7. The van der Waals surface area contributed by atoms with Crippen LogP contribution in [0, 0.1) is 11.3 Å². The molecule has 0 saturated carbocycles. The van der Waals surface area contributed by atoms with Crippen LogP contribution >= 0.6 is 22.9 Å². The monoisotopic (exact) mass is 520 g/mol. The number of para-hydroxylation sites is 1. The second kappa shape index (κ2) is 10.4. The molecule has 0 unspecified atom stereocenters. The topological polar surface area (TPSA) is 44.3 Å². The van der Waals surface area contributed by atoms with Gasteiger partial charge in [0.15, 0.2) is 0 Å². The number of aliphatic imine (C=N–C) groups is 1. The smallest absolute Gasteiger partial charge is 0.134 e. The maximum Gasteiger partial charge on any atom is 0.134 e. The molecule has 3 heterocycles. The predicted octanol–water partition coefficient (Wildman–Crippen LogP) is 7.59. The largest absolute Gasteiger partial charge is 0.342 e. The van der Waals surface area contributed by atoms with Crippen LogP contribution in [-0.2, 0) is 26.1 Å². The van der Waals surface area contributed by atoms with Gasteiger partial charge in [-0.15, -0.1) is 11.3 Å². The van der Waals surface area contributed by atoms with Crippen molar-refractivity contribution >= 4 is 45.1 Å². The zero-order chi connectivity index (χ0) is 25.2. The zero-order valence-corrected chi connectivity index (χ0v) is 21.8. The quantitative estimate of drug-likeness (QED) is 0.216. The Bertz CT molecular complexity index is 1640. The summed E-state index contributed by atoms with van der Waals surface area (Å²) in [5.41, 5.74) is 6.45. The van der Waals surface area contributed by atoms with Crippen molar-refractivity contribution in [3.05, 3.63) is 123 Å². The Morgan fingerprint density at radius 2 is 1.76 bits per heavy atom. The minimum atomic E-state index is 0.683. The summed E-state index contributed by atoms with van der Waals surface area (Å²) in [5.74, 6) is 0. The van der Waals surface area contributed by atoms with E-state index in [2.05, 4.69) is 76.3 Å². The van der Waals surface area contributed by atoms with E-state index in [0.29, 0.717) is 6.54 Å². The van der Waals surface area contributed by atoms with E-state index in [0.717, 1.165) is 63.7 Å². The van der Waals surface area contributed by atoms with E-state index in [1.807, 2.05) is 30.5 Å². The van der Waals surface area contributed by atoms with E-state index in [1.54, 1.807) is 11.3 Å². The van der Waals surface area contributed by atoms with Crippen molar-refractivity contribution in [2.24, 2.45) is 4.99 Å². The van der Waals surface area contributed by atoms with Gasteiger partial charge in [0, 0.05) is 65.0 Å². The molecule has 0 atom stereocenters. The van der Waals surface area contributed by atoms with Crippen molar-refractivity contribution < 1.29 is 0 Å². The molecular formula is C31H25ClN4S. The number of thiophene rings is 1. The van der Waals surface area contributed by atoms with E-state index in [1.165, 1.54) is 16.0 Å². The van der Waals surface area contributed by atoms with Gasteiger partial charge in [-0.3, -0.25) is 4.90 Å². The van der Waals surface area contributed by atoms with Gasteiger partial charge in [-0.1, -0.05) is 78.3 Å². The van der Waals surface area contributed by atoms with Gasteiger partial charge in [-0.25, -0.2) is 4.99 Å². The summed E-state index contributed by atoms with van der Waals surface area (Å²) in [6.45, 7) is 3.41. The van der Waals surface area contributed by atoms with Crippen LogP contribution in [0.15, 0.2) is 90.1 Å². The fourth-order valence-electron chi connectivity index (χ4n) is 5.07. The molecule has 1 aliphatic rings. The van der Waals surface area contributed by atoms with Gasteiger partial charge in [0.05, 0.1) is 5.56 Å². The molecule has 4 nitrogen and oxygen atoms in total. The molecule has 182 valence electrons. The predicted molar refractivity (Wildman–Crippen MR) is 153 cm³/mol. The van der Waals surface area contributed by atoms with E-state index in [-0.39, 0.29) is 0 Å². The molecule has 0 N–H and O–H groups in total. The highest BCUT2D eigenvalue weighted by Crippen LogP contribution is 2.39. The van der Waals surface area contributed by atoms with Gasteiger partial charge in [0.1, 0.15) is 11.1 Å². The molecule has 2 aromatic heterocycles. The second-order valence-corrected chi connectivity index (χ2v) is 10.8. The molecule has 0 aliphatic carbocycles. The van der Waals surface area contributed by atoms with Crippen LogP contribution in [0.2, 0.25) is 5.02 Å². The first-order valence-corrected chi connectivity index (χ1v) is 13.6. The number of hydrogen-bond donors (Lipinski definition) is 0. The Morgan fingerprint density at radius 3 is 2.59 bits per heavy atom. The Kier molecular flexibility index (Phi) is 6.63. The van der Waals surface area contributed by atoms with Crippen LogP contribution in [0.5, 0.6) is 0 Å². The van der Waals surface area contributed by atoms with Gasteiger partial charge in [0.25, 0.3) is 0 Å². The molecule has 0 saturated heterocycles. The molecular weight excluding hydrogens is 496 g/mol. The highest BCUT2D eigenvalue weighted by atomic mass is 35.5. The summed E-state index contributed by atoms with van der Waals surface area (Å²) in [6.07, 6.45) is 4.91.